The number of benzene rings is 1. The summed E-state index contributed by atoms with van der Waals surface area (Å²) in [5, 5.41) is 3.36. The van der Waals surface area contributed by atoms with Crippen LogP contribution in [-0.2, 0) is 12.8 Å². The second-order valence-electron chi connectivity index (χ2n) is 4.33. The molecule has 90 valence electrons. The van der Waals surface area contributed by atoms with Gasteiger partial charge in [0.2, 0.25) is 0 Å². The molecular weight excluding hydrogens is 194 g/mol. The summed E-state index contributed by atoms with van der Waals surface area (Å²) >= 11 is 0. The molecule has 0 unspecified atom stereocenters. The van der Waals surface area contributed by atoms with E-state index in [-0.39, 0.29) is 0 Å². The Morgan fingerprint density at radius 1 is 0.875 bits per heavy atom. The summed E-state index contributed by atoms with van der Waals surface area (Å²) in [5.74, 6) is 0. The van der Waals surface area contributed by atoms with Crippen molar-refractivity contribution in [3.63, 3.8) is 0 Å². The molecule has 0 saturated carbocycles. The lowest BCUT2D eigenvalue weighted by Crippen LogP contribution is -2.13. The average Bonchev–Trinajstić information content (AvgIpc) is 2.34. The monoisotopic (exact) mass is 219 g/mol. The average molecular weight is 219 g/mol. The molecule has 1 heteroatoms. The van der Waals surface area contributed by atoms with Gasteiger partial charge >= 0.3 is 0 Å². The maximum Gasteiger partial charge on any atom is -0.00490 e. The Bertz CT molecular complexity index is 263. The maximum absolute atomic E-state index is 3.36. The van der Waals surface area contributed by atoms with Crippen molar-refractivity contribution >= 4 is 0 Å². The first-order valence-corrected chi connectivity index (χ1v) is 6.65. The summed E-state index contributed by atoms with van der Waals surface area (Å²) in [4.78, 5) is 0. The van der Waals surface area contributed by atoms with Gasteiger partial charge in [0.05, 0.1) is 0 Å². The van der Waals surface area contributed by atoms with Gasteiger partial charge in [-0.1, -0.05) is 44.5 Å². The quantitative estimate of drug-likeness (QED) is 0.659. The van der Waals surface area contributed by atoms with Crippen LogP contribution in [-0.4, -0.2) is 13.1 Å². The Hall–Kier alpha value is -0.820. The van der Waals surface area contributed by atoms with E-state index < -0.39 is 0 Å². The van der Waals surface area contributed by atoms with Gasteiger partial charge in [0, 0.05) is 0 Å². The van der Waals surface area contributed by atoms with Crippen molar-refractivity contribution in [3.8, 4) is 0 Å². The molecule has 0 fully saturated rings. The van der Waals surface area contributed by atoms with Gasteiger partial charge in [-0.05, 0) is 49.9 Å². The first-order valence-electron chi connectivity index (χ1n) is 6.65. The van der Waals surface area contributed by atoms with Crippen molar-refractivity contribution in [1.29, 1.82) is 0 Å². The molecule has 0 atom stereocenters. The minimum atomic E-state index is 1.10. The normalized spacial score (nSPS) is 10.6. The molecule has 1 aromatic carbocycles. The summed E-state index contributed by atoms with van der Waals surface area (Å²) < 4.78 is 0. The number of rotatable bonds is 8. The highest BCUT2D eigenvalue weighted by atomic mass is 14.8. The molecule has 1 N–H and O–H groups in total. The van der Waals surface area contributed by atoms with Crippen molar-refractivity contribution in [2.45, 2.75) is 46.0 Å². The van der Waals surface area contributed by atoms with Gasteiger partial charge in [0.1, 0.15) is 0 Å². The predicted octanol–water partition coefficient (Wildman–Crippen LogP) is 3.57. The fourth-order valence-electron chi connectivity index (χ4n) is 1.87. The fourth-order valence-corrected chi connectivity index (χ4v) is 1.87. The third kappa shape index (κ3) is 5.32. The number of unbranched alkanes of at least 4 members (excludes halogenated alkanes) is 2. The standard InChI is InChI=1S/C15H25N/c1-3-14-9-11-15(12-10-14)8-6-5-7-13-16-4-2/h9-12,16H,3-8,13H2,1-2H3. The predicted molar refractivity (Wildman–Crippen MR) is 71.9 cm³/mol. The molecule has 1 rings (SSSR count). The Kier molecular flexibility index (Phi) is 6.91. The Morgan fingerprint density at radius 3 is 2.19 bits per heavy atom. The molecule has 1 aromatic rings. The van der Waals surface area contributed by atoms with E-state index in [9.17, 15) is 0 Å². The molecule has 0 spiro atoms. The van der Waals surface area contributed by atoms with Gasteiger partial charge in [0.15, 0.2) is 0 Å². The summed E-state index contributed by atoms with van der Waals surface area (Å²) in [7, 11) is 0. The highest BCUT2D eigenvalue weighted by Crippen LogP contribution is 2.09. The van der Waals surface area contributed by atoms with Crippen molar-refractivity contribution in [2.75, 3.05) is 13.1 Å². The van der Waals surface area contributed by atoms with Crippen LogP contribution >= 0.6 is 0 Å². The molecule has 0 heterocycles. The molecule has 0 aliphatic rings. The van der Waals surface area contributed by atoms with Crippen LogP contribution in [0, 0.1) is 0 Å². The van der Waals surface area contributed by atoms with E-state index in [0.29, 0.717) is 0 Å². The third-order valence-corrected chi connectivity index (χ3v) is 3.00. The summed E-state index contributed by atoms with van der Waals surface area (Å²) in [6.45, 7) is 6.63. The first kappa shape index (κ1) is 13.2. The van der Waals surface area contributed by atoms with Gasteiger partial charge in [-0.3, -0.25) is 0 Å². The van der Waals surface area contributed by atoms with Crippen LogP contribution in [0.3, 0.4) is 0 Å². The van der Waals surface area contributed by atoms with Crippen molar-refractivity contribution in [3.05, 3.63) is 35.4 Å². The Balaban J connectivity index is 2.12. The molecule has 1 nitrogen and oxygen atoms in total. The van der Waals surface area contributed by atoms with Crippen molar-refractivity contribution in [1.82, 2.24) is 5.32 Å². The molecule has 0 aromatic heterocycles. The maximum atomic E-state index is 3.36. The first-order chi connectivity index (χ1) is 7.86. The Labute approximate surface area is 100 Å². The zero-order valence-corrected chi connectivity index (χ0v) is 10.8. The molecule has 0 radical (unpaired) electrons. The van der Waals surface area contributed by atoms with Gasteiger partial charge in [-0.2, -0.15) is 0 Å². The van der Waals surface area contributed by atoms with Crippen LogP contribution in [0.1, 0.15) is 44.2 Å². The summed E-state index contributed by atoms with van der Waals surface area (Å²) in [5.41, 5.74) is 2.93. The molecule has 0 amide bonds. The van der Waals surface area contributed by atoms with Crippen LogP contribution in [0.15, 0.2) is 24.3 Å². The second-order valence-corrected chi connectivity index (χ2v) is 4.33. The molecule has 16 heavy (non-hydrogen) atoms. The van der Waals surface area contributed by atoms with E-state index in [1.165, 1.54) is 43.4 Å². The summed E-state index contributed by atoms with van der Waals surface area (Å²) in [6, 6.07) is 9.08. The van der Waals surface area contributed by atoms with E-state index in [1.54, 1.807) is 0 Å². The number of hydrogen-bond donors (Lipinski definition) is 1. The number of aryl methyl sites for hydroxylation is 2. The van der Waals surface area contributed by atoms with Gasteiger partial charge < -0.3 is 5.32 Å². The second kappa shape index (κ2) is 8.35. The molecule has 0 aliphatic heterocycles. The Morgan fingerprint density at radius 2 is 1.56 bits per heavy atom. The molecule has 0 bridgehead atoms. The van der Waals surface area contributed by atoms with Gasteiger partial charge in [0.25, 0.3) is 0 Å². The lowest BCUT2D eigenvalue weighted by Gasteiger charge is -2.04. The fraction of sp³-hybridized carbons (Fsp3) is 0.600. The largest absolute Gasteiger partial charge is 0.317 e. The van der Waals surface area contributed by atoms with E-state index in [2.05, 4.69) is 43.4 Å². The van der Waals surface area contributed by atoms with Crippen LogP contribution in [0.2, 0.25) is 0 Å². The zero-order valence-electron chi connectivity index (χ0n) is 10.8. The SMILES string of the molecule is CCNCCCCCc1ccc(CC)cc1. The smallest absolute Gasteiger partial charge is 0.00490 e. The van der Waals surface area contributed by atoms with Crippen LogP contribution in [0.25, 0.3) is 0 Å². The highest BCUT2D eigenvalue weighted by molar-refractivity contribution is 5.22. The van der Waals surface area contributed by atoms with Crippen molar-refractivity contribution < 1.29 is 0 Å². The lowest BCUT2D eigenvalue weighted by atomic mass is 10.0. The third-order valence-electron chi connectivity index (χ3n) is 3.00. The minimum Gasteiger partial charge on any atom is -0.317 e. The topological polar surface area (TPSA) is 12.0 Å². The van der Waals surface area contributed by atoms with Crippen LogP contribution < -0.4 is 5.32 Å². The van der Waals surface area contributed by atoms with E-state index in [4.69, 9.17) is 0 Å². The van der Waals surface area contributed by atoms with Crippen LogP contribution in [0.5, 0.6) is 0 Å². The van der Waals surface area contributed by atoms with Crippen molar-refractivity contribution in [2.24, 2.45) is 0 Å². The van der Waals surface area contributed by atoms with E-state index >= 15 is 0 Å². The number of nitrogens with one attached hydrogen (secondary N) is 1. The van der Waals surface area contributed by atoms with E-state index in [1.807, 2.05) is 0 Å². The van der Waals surface area contributed by atoms with Crippen LogP contribution in [0.4, 0.5) is 0 Å². The van der Waals surface area contributed by atoms with E-state index in [0.717, 1.165) is 13.0 Å². The lowest BCUT2D eigenvalue weighted by molar-refractivity contribution is 0.616. The highest BCUT2D eigenvalue weighted by Gasteiger charge is 1.94. The van der Waals surface area contributed by atoms with Gasteiger partial charge in [-0.15, -0.1) is 0 Å². The minimum absolute atomic E-state index is 1.10. The summed E-state index contributed by atoms with van der Waals surface area (Å²) in [6.07, 6.45) is 6.33. The molecular formula is C15H25N. The zero-order chi connectivity index (χ0) is 11.6. The number of hydrogen-bond acceptors (Lipinski definition) is 1. The molecule has 0 saturated heterocycles. The van der Waals surface area contributed by atoms with Gasteiger partial charge in [-0.25, -0.2) is 0 Å². The molecule has 0 aliphatic carbocycles.